The van der Waals surface area contributed by atoms with Crippen LogP contribution in [-0.2, 0) is 14.3 Å². The summed E-state index contributed by atoms with van der Waals surface area (Å²) >= 11 is 0. The van der Waals surface area contributed by atoms with E-state index in [1.807, 2.05) is 0 Å². The van der Waals surface area contributed by atoms with Crippen LogP contribution in [0.5, 0.6) is 0 Å². The van der Waals surface area contributed by atoms with E-state index in [-0.39, 0.29) is 24.3 Å². The van der Waals surface area contributed by atoms with Crippen molar-refractivity contribution in [3.05, 3.63) is 12.7 Å². The van der Waals surface area contributed by atoms with Crippen molar-refractivity contribution in [1.29, 1.82) is 0 Å². The molecule has 6 nitrogen and oxygen atoms in total. The van der Waals surface area contributed by atoms with Gasteiger partial charge in [0.05, 0.1) is 6.61 Å². The highest BCUT2D eigenvalue weighted by atomic mass is 16.5. The summed E-state index contributed by atoms with van der Waals surface area (Å²) in [6, 6.07) is 0. The maximum atomic E-state index is 11.7. The van der Waals surface area contributed by atoms with Gasteiger partial charge in [0.2, 0.25) is 11.8 Å². The predicted octanol–water partition coefficient (Wildman–Crippen LogP) is -0.582. The van der Waals surface area contributed by atoms with Crippen molar-refractivity contribution in [2.24, 2.45) is 11.8 Å². The minimum absolute atomic E-state index is 0.0431. The van der Waals surface area contributed by atoms with Crippen LogP contribution < -0.4 is 11.3 Å². The molecule has 6 heteroatoms. The van der Waals surface area contributed by atoms with Crippen LogP contribution in [0.15, 0.2) is 12.7 Å². The smallest absolute Gasteiger partial charge is 0.248 e. The standard InChI is InChI=1S/C11H19N3O3/c1-2-7-17-8-10(15)14-5-3-9(4-6-14)11(16)13-12/h2,9H,1,3-8,12H2,(H,13,16). The Morgan fingerprint density at radius 1 is 1.47 bits per heavy atom. The van der Waals surface area contributed by atoms with Gasteiger partial charge >= 0.3 is 0 Å². The van der Waals surface area contributed by atoms with Gasteiger partial charge in [-0.2, -0.15) is 0 Å². The minimum atomic E-state index is -0.153. The van der Waals surface area contributed by atoms with Crippen molar-refractivity contribution in [2.75, 3.05) is 26.3 Å². The largest absolute Gasteiger partial charge is 0.368 e. The van der Waals surface area contributed by atoms with E-state index in [1.54, 1.807) is 11.0 Å². The number of carbonyl (C=O) groups excluding carboxylic acids is 2. The highest BCUT2D eigenvalue weighted by Crippen LogP contribution is 2.17. The van der Waals surface area contributed by atoms with Crippen molar-refractivity contribution in [3.8, 4) is 0 Å². The van der Waals surface area contributed by atoms with Crippen molar-refractivity contribution >= 4 is 11.8 Å². The molecule has 0 atom stereocenters. The number of nitrogens with zero attached hydrogens (tertiary/aromatic N) is 1. The fraction of sp³-hybridized carbons (Fsp3) is 0.636. The van der Waals surface area contributed by atoms with Gasteiger partial charge in [-0.3, -0.25) is 15.0 Å². The maximum Gasteiger partial charge on any atom is 0.248 e. The SMILES string of the molecule is C=CCOCC(=O)N1CCC(C(=O)NN)CC1. The lowest BCUT2D eigenvalue weighted by atomic mass is 9.96. The zero-order valence-corrected chi connectivity index (χ0v) is 9.85. The van der Waals surface area contributed by atoms with Crippen LogP contribution in [0.25, 0.3) is 0 Å². The Morgan fingerprint density at radius 2 is 2.12 bits per heavy atom. The van der Waals surface area contributed by atoms with Crippen molar-refractivity contribution in [1.82, 2.24) is 10.3 Å². The number of likely N-dealkylation sites (tertiary alicyclic amines) is 1. The summed E-state index contributed by atoms with van der Waals surface area (Å²) in [4.78, 5) is 24.7. The van der Waals surface area contributed by atoms with E-state index in [1.165, 1.54) is 0 Å². The van der Waals surface area contributed by atoms with Crippen LogP contribution in [-0.4, -0.2) is 43.0 Å². The van der Waals surface area contributed by atoms with Crippen LogP contribution >= 0.6 is 0 Å². The average molecular weight is 241 g/mol. The van der Waals surface area contributed by atoms with Gasteiger partial charge < -0.3 is 9.64 Å². The van der Waals surface area contributed by atoms with E-state index in [0.29, 0.717) is 32.5 Å². The molecule has 0 spiro atoms. The molecule has 0 saturated carbocycles. The molecule has 1 saturated heterocycles. The summed E-state index contributed by atoms with van der Waals surface area (Å²) in [5.74, 6) is 4.79. The molecule has 1 rings (SSSR count). The second kappa shape index (κ2) is 7.03. The molecule has 0 aliphatic carbocycles. The first-order chi connectivity index (χ1) is 8.19. The number of hydrogen-bond acceptors (Lipinski definition) is 4. The molecule has 3 N–H and O–H groups in total. The molecule has 1 heterocycles. The van der Waals surface area contributed by atoms with Gasteiger partial charge in [0.15, 0.2) is 0 Å². The number of carbonyl (C=O) groups is 2. The number of nitrogens with two attached hydrogens (primary N) is 1. The normalized spacial score (nSPS) is 16.6. The van der Waals surface area contributed by atoms with Crippen LogP contribution in [0, 0.1) is 5.92 Å². The molecule has 1 aliphatic rings. The Labute approximate surface area is 101 Å². The molecule has 0 aromatic carbocycles. The molecule has 0 aromatic heterocycles. The third kappa shape index (κ3) is 4.16. The first kappa shape index (κ1) is 13.7. The van der Waals surface area contributed by atoms with E-state index in [2.05, 4.69) is 12.0 Å². The molecule has 0 bridgehead atoms. The van der Waals surface area contributed by atoms with Crippen molar-refractivity contribution in [3.63, 3.8) is 0 Å². The molecule has 0 radical (unpaired) electrons. The fourth-order valence-corrected chi connectivity index (χ4v) is 1.83. The Bertz CT molecular complexity index is 286. The number of hydrogen-bond donors (Lipinski definition) is 2. The maximum absolute atomic E-state index is 11.7. The third-order valence-corrected chi connectivity index (χ3v) is 2.82. The molecular formula is C11H19N3O3. The Hall–Kier alpha value is -1.40. The molecule has 96 valence electrons. The topological polar surface area (TPSA) is 84.7 Å². The molecule has 1 fully saturated rings. The summed E-state index contributed by atoms with van der Waals surface area (Å²) in [6.07, 6.45) is 2.90. The number of nitrogens with one attached hydrogen (secondary N) is 1. The summed E-state index contributed by atoms with van der Waals surface area (Å²) in [5, 5.41) is 0. The lowest BCUT2D eigenvalue weighted by Gasteiger charge is -2.30. The van der Waals surface area contributed by atoms with Crippen LogP contribution in [0.1, 0.15) is 12.8 Å². The predicted molar refractivity (Wildman–Crippen MR) is 62.7 cm³/mol. The average Bonchev–Trinajstić information content (AvgIpc) is 2.38. The van der Waals surface area contributed by atoms with E-state index in [4.69, 9.17) is 10.6 Å². The number of hydrazine groups is 1. The lowest BCUT2D eigenvalue weighted by molar-refractivity contribution is -0.139. The van der Waals surface area contributed by atoms with Gasteiger partial charge in [-0.15, -0.1) is 6.58 Å². The highest BCUT2D eigenvalue weighted by Gasteiger charge is 2.26. The van der Waals surface area contributed by atoms with E-state index < -0.39 is 0 Å². The molecule has 0 unspecified atom stereocenters. The Kier molecular flexibility index (Phi) is 5.65. The van der Waals surface area contributed by atoms with E-state index in [9.17, 15) is 9.59 Å². The zero-order chi connectivity index (χ0) is 12.7. The van der Waals surface area contributed by atoms with Gasteiger partial charge in [-0.25, -0.2) is 5.84 Å². The monoisotopic (exact) mass is 241 g/mol. The van der Waals surface area contributed by atoms with Crippen LogP contribution in [0.4, 0.5) is 0 Å². The van der Waals surface area contributed by atoms with Gasteiger partial charge in [0.1, 0.15) is 6.61 Å². The summed E-state index contributed by atoms with van der Waals surface area (Å²) < 4.78 is 5.08. The number of ether oxygens (including phenoxy) is 1. The second-order valence-corrected chi connectivity index (χ2v) is 3.97. The molecule has 17 heavy (non-hydrogen) atoms. The summed E-state index contributed by atoms with van der Waals surface area (Å²) in [5.41, 5.74) is 2.14. The highest BCUT2D eigenvalue weighted by molar-refractivity contribution is 5.80. The van der Waals surface area contributed by atoms with Gasteiger partial charge in [0, 0.05) is 19.0 Å². The first-order valence-electron chi connectivity index (χ1n) is 5.66. The first-order valence-corrected chi connectivity index (χ1v) is 5.66. The Morgan fingerprint density at radius 3 is 2.65 bits per heavy atom. The van der Waals surface area contributed by atoms with Crippen LogP contribution in [0.3, 0.4) is 0 Å². The number of piperidine rings is 1. The van der Waals surface area contributed by atoms with Crippen molar-refractivity contribution < 1.29 is 14.3 Å². The fourth-order valence-electron chi connectivity index (χ4n) is 1.83. The zero-order valence-electron chi connectivity index (χ0n) is 9.85. The number of amides is 2. The molecule has 2 amide bonds. The van der Waals surface area contributed by atoms with Gasteiger partial charge in [-0.05, 0) is 12.8 Å². The summed E-state index contributed by atoms with van der Waals surface area (Å²) in [6.45, 7) is 5.10. The summed E-state index contributed by atoms with van der Waals surface area (Å²) in [7, 11) is 0. The van der Waals surface area contributed by atoms with Gasteiger partial charge in [-0.1, -0.05) is 6.08 Å². The second-order valence-electron chi connectivity index (χ2n) is 3.97. The van der Waals surface area contributed by atoms with E-state index in [0.717, 1.165) is 0 Å². The van der Waals surface area contributed by atoms with E-state index >= 15 is 0 Å². The van der Waals surface area contributed by atoms with Gasteiger partial charge in [0.25, 0.3) is 0 Å². The number of rotatable bonds is 5. The Balaban J connectivity index is 2.28. The molecule has 1 aliphatic heterocycles. The van der Waals surface area contributed by atoms with Crippen LogP contribution in [0.2, 0.25) is 0 Å². The third-order valence-electron chi connectivity index (χ3n) is 2.82. The quantitative estimate of drug-likeness (QED) is 0.222. The minimum Gasteiger partial charge on any atom is -0.368 e. The lowest BCUT2D eigenvalue weighted by Crippen LogP contribution is -2.45. The molecular weight excluding hydrogens is 222 g/mol. The molecule has 0 aromatic rings. The van der Waals surface area contributed by atoms with Crippen molar-refractivity contribution in [2.45, 2.75) is 12.8 Å².